The van der Waals surface area contributed by atoms with Crippen LogP contribution in [0.4, 0.5) is 0 Å². The van der Waals surface area contributed by atoms with Gasteiger partial charge in [0, 0.05) is 5.56 Å². The molecule has 2 aromatic carbocycles. The predicted octanol–water partition coefficient (Wildman–Crippen LogP) is 4.69. The molecule has 0 saturated carbocycles. The zero-order valence-electron chi connectivity index (χ0n) is 13.8. The van der Waals surface area contributed by atoms with Gasteiger partial charge in [-0.1, -0.05) is 35.9 Å². The summed E-state index contributed by atoms with van der Waals surface area (Å²) in [6, 6.07) is 13.3. The van der Waals surface area contributed by atoms with E-state index in [9.17, 15) is 4.79 Å². The second kappa shape index (κ2) is 8.18. The first-order valence-corrected chi connectivity index (χ1v) is 7.82. The van der Waals surface area contributed by atoms with Crippen LogP contribution in [0.2, 0.25) is 0 Å². The highest BCUT2D eigenvalue weighted by Gasteiger charge is 2.09. The summed E-state index contributed by atoms with van der Waals surface area (Å²) in [7, 11) is 0. The summed E-state index contributed by atoms with van der Waals surface area (Å²) in [5.74, 6) is 1.20. The summed E-state index contributed by atoms with van der Waals surface area (Å²) in [5, 5.41) is 0. The number of hydrogen-bond acceptors (Lipinski definition) is 3. The van der Waals surface area contributed by atoms with Crippen LogP contribution < -0.4 is 9.47 Å². The van der Waals surface area contributed by atoms with Crippen LogP contribution in [0, 0.1) is 6.92 Å². The number of ether oxygens (including phenoxy) is 2. The lowest BCUT2D eigenvalue weighted by Gasteiger charge is -2.11. The molecule has 0 heterocycles. The third-order valence-corrected chi connectivity index (χ3v) is 3.33. The predicted molar refractivity (Wildman–Crippen MR) is 93.3 cm³/mol. The molecule has 0 amide bonds. The minimum atomic E-state index is -0.0606. The van der Waals surface area contributed by atoms with Crippen LogP contribution in [0.15, 0.2) is 48.5 Å². The van der Waals surface area contributed by atoms with Gasteiger partial charge in [-0.15, -0.1) is 0 Å². The van der Waals surface area contributed by atoms with Crippen molar-refractivity contribution in [1.29, 1.82) is 0 Å². The Bertz CT molecular complexity index is 685. The highest BCUT2D eigenvalue weighted by atomic mass is 16.5. The number of rotatable bonds is 7. The van der Waals surface area contributed by atoms with E-state index >= 15 is 0 Å². The van der Waals surface area contributed by atoms with Crippen molar-refractivity contribution in [3.05, 3.63) is 65.2 Å². The fourth-order valence-electron chi connectivity index (χ4n) is 2.15. The van der Waals surface area contributed by atoms with Gasteiger partial charge in [0.15, 0.2) is 17.3 Å². The van der Waals surface area contributed by atoms with Crippen LogP contribution in [-0.4, -0.2) is 19.0 Å². The molecule has 0 aromatic heterocycles. The number of allylic oxidation sites excluding steroid dienone is 1. The Morgan fingerprint density at radius 3 is 2.26 bits per heavy atom. The lowest BCUT2D eigenvalue weighted by Crippen LogP contribution is -2.01. The standard InChI is InChI=1S/C20H22O3/c1-4-22-19-13-11-17(14-20(19)23-5-2)18(21)12-10-16-8-6-15(3)7-9-16/h6-14H,4-5H2,1-3H3/b12-10+. The van der Waals surface area contributed by atoms with Crippen LogP contribution in [-0.2, 0) is 0 Å². The van der Waals surface area contributed by atoms with Crippen LogP contribution in [0.1, 0.15) is 35.3 Å². The summed E-state index contributed by atoms with van der Waals surface area (Å²) >= 11 is 0. The van der Waals surface area contributed by atoms with Gasteiger partial charge in [0.05, 0.1) is 13.2 Å². The SMILES string of the molecule is CCOc1ccc(C(=O)/C=C/c2ccc(C)cc2)cc1OCC. The third-order valence-electron chi connectivity index (χ3n) is 3.33. The maximum absolute atomic E-state index is 12.3. The van der Waals surface area contributed by atoms with Gasteiger partial charge in [0.2, 0.25) is 0 Å². The van der Waals surface area contributed by atoms with Crippen molar-refractivity contribution in [2.24, 2.45) is 0 Å². The quantitative estimate of drug-likeness (QED) is 0.550. The minimum Gasteiger partial charge on any atom is -0.490 e. The summed E-state index contributed by atoms with van der Waals surface area (Å²) < 4.78 is 11.1. The highest BCUT2D eigenvalue weighted by Crippen LogP contribution is 2.28. The average molecular weight is 310 g/mol. The van der Waals surface area contributed by atoms with Crippen LogP contribution in [0.5, 0.6) is 11.5 Å². The molecule has 2 aromatic rings. The number of benzene rings is 2. The van der Waals surface area contributed by atoms with E-state index in [-0.39, 0.29) is 5.78 Å². The Morgan fingerprint density at radius 2 is 1.61 bits per heavy atom. The molecular formula is C20H22O3. The molecule has 0 aliphatic carbocycles. The van der Waals surface area contributed by atoms with E-state index in [1.807, 2.05) is 51.1 Å². The van der Waals surface area contributed by atoms with Crippen LogP contribution in [0.3, 0.4) is 0 Å². The first-order valence-electron chi connectivity index (χ1n) is 7.82. The van der Waals surface area contributed by atoms with E-state index in [0.29, 0.717) is 30.3 Å². The molecule has 3 nitrogen and oxygen atoms in total. The zero-order chi connectivity index (χ0) is 16.7. The number of ketones is 1. The van der Waals surface area contributed by atoms with E-state index in [1.165, 1.54) is 5.56 Å². The van der Waals surface area contributed by atoms with E-state index in [0.717, 1.165) is 5.56 Å². The molecule has 3 heteroatoms. The maximum atomic E-state index is 12.3. The van der Waals surface area contributed by atoms with Crippen LogP contribution in [0.25, 0.3) is 6.08 Å². The second-order valence-corrected chi connectivity index (χ2v) is 5.14. The molecule has 120 valence electrons. The number of hydrogen-bond donors (Lipinski definition) is 0. The minimum absolute atomic E-state index is 0.0606. The van der Waals surface area contributed by atoms with Crippen molar-refractivity contribution in [1.82, 2.24) is 0 Å². The molecule has 2 rings (SSSR count). The fraction of sp³-hybridized carbons (Fsp3) is 0.250. The molecule has 23 heavy (non-hydrogen) atoms. The summed E-state index contributed by atoms with van der Waals surface area (Å²) in [4.78, 5) is 12.3. The van der Waals surface area contributed by atoms with Crippen molar-refractivity contribution in [2.45, 2.75) is 20.8 Å². The lowest BCUT2D eigenvalue weighted by atomic mass is 10.1. The van der Waals surface area contributed by atoms with E-state index in [1.54, 1.807) is 24.3 Å². The first-order chi connectivity index (χ1) is 11.1. The fourth-order valence-corrected chi connectivity index (χ4v) is 2.15. The molecule has 0 atom stereocenters. The van der Waals surface area contributed by atoms with Gasteiger partial charge in [-0.05, 0) is 50.6 Å². The summed E-state index contributed by atoms with van der Waals surface area (Å²) in [6.45, 7) is 6.94. The largest absolute Gasteiger partial charge is 0.490 e. The molecule has 0 fully saturated rings. The van der Waals surface area contributed by atoms with Gasteiger partial charge in [-0.25, -0.2) is 0 Å². The average Bonchev–Trinajstić information content (AvgIpc) is 2.56. The molecule has 0 saturated heterocycles. The molecule has 0 unspecified atom stereocenters. The Labute approximate surface area is 137 Å². The molecule has 0 radical (unpaired) electrons. The van der Waals surface area contributed by atoms with Gasteiger partial charge in [-0.2, -0.15) is 0 Å². The van der Waals surface area contributed by atoms with Crippen molar-refractivity contribution in [3.63, 3.8) is 0 Å². The number of carbonyl (C=O) groups excluding carboxylic acids is 1. The first kappa shape index (κ1) is 16.8. The molecule has 0 aliphatic heterocycles. The van der Waals surface area contributed by atoms with Gasteiger partial charge < -0.3 is 9.47 Å². The van der Waals surface area contributed by atoms with Crippen molar-refractivity contribution < 1.29 is 14.3 Å². The number of carbonyl (C=O) groups is 1. The van der Waals surface area contributed by atoms with Crippen molar-refractivity contribution in [3.8, 4) is 11.5 Å². The van der Waals surface area contributed by atoms with Gasteiger partial charge in [-0.3, -0.25) is 4.79 Å². The molecule has 0 aliphatic rings. The normalized spacial score (nSPS) is 10.7. The number of aryl methyl sites for hydroxylation is 1. The Kier molecular flexibility index (Phi) is 5.98. The Morgan fingerprint density at radius 1 is 0.957 bits per heavy atom. The van der Waals surface area contributed by atoms with Crippen molar-refractivity contribution >= 4 is 11.9 Å². The van der Waals surface area contributed by atoms with Gasteiger partial charge in [0.1, 0.15) is 0 Å². The molecule has 0 bridgehead atoms. The zero-order valence-corrected chi connectivity index (χ0v) is 13.8. The lowest BCUT2D eigenvalue weighted by molar-refractivity contribution is 0.104. The molecular weight excluding hydrogens is 288 g/mol. The van der Waals surface area contributed by atoms with Gasteiger partial charge in [0.25, 0.3) is 0 Å². The van der Waals surface area contributed by atoms with Crippen LogP contribution >= 0.6 is 0 Å². The Balaban J connectivity index is 2.18. The van der Waals surface area contributed by atoms with E-state index in [2.05, 4.69) is 0 Å². The molecule has 0 N–H and O–H groups in total. The summed E-state index contributed by atoms with van der Waals surface area (Å²) in [5.41, 5.74) is 2.78. The smallest absolute Gasteiger partial charge is 0.185 e. The Hall–Kier alpha value is -2.55. The maximum Gasteiger partial charge on any atom is 0.185 e. The highest BCUT2D eigenvalue weighted by molar-refractivity contribution is 6.07. The van der Waals surface area contributed by atoms with E-state index < -0.39 is 0 Å². The monoisotopic (exact) mass is 310 g/mol. The van der Waals surface area contributed by atoms with Crippen molar-refractivity contribution in [2.75, 3.05) is 13.2 Å². The third kappa shape index (κ3) is 4.71. The van der Waals surface area contributed by atoms with Gasteiger partial charge >= 0.3 is 0 Å². The molecule has 0 spiro atoms. The summed E-state index contributed by atoms with van der Waals surface area (Å²) in [6.07, 6.45) is 3.40. The van der Waals surface area contributed by atoms with E-state index in [4.69, 9.17) is 9.47 Å². The second-order valence-electron chi connectivity index (χ2n) is 5.14. The topological polar surface area (TPSA) is 35.5 Å².